The summed E-state index contributed by atoms with van der Waals surface area (Å²) in [6.45, 7) is -0.223. The van der Waals surface area contributed by atoms with E-state index in [0.29, 0.717) is 6.20 Å². The number of ether oxygens (including phenoxy) is 1. The van der Waals surface area contributed by atoms with Crippen molar-refractivity contribution in [3.05, 3.63) is 60.7 Å². The van der Waals surface area contributed by atoms with E-state index >= 15 is 0 Å². The van der Waals surface area contributed by atoms with Gasteiger partial charge < -0.3 is 20.7 Å². The number of pyridine rings is 1. The van der Waals surface area contributed by atoms with E-state index in [9.17, 15) is 35.0 Å². The summed E-state index contributed by atoms with van der Waals surface area (Å²) in [4.78, 5) is 28.7. The Morgan fingerprint density at radius 1 is 1.04 bits per heavy atom. The van der Waals surface area contributed by atoms with E-state index in [2.05, 4.69) is 35.1 Å². The number of carbonyl (C=O) groups is 1. The van der Waals surface area contributed by atoms with Crippen molar-refractivity contribution in [3.63, 3.8) is 0 Å². The molecular weight excluding hydrogens is 651 g/mol. The SMILES string of the molecule is CN(c1cnc2c(c1)nc(N(SF)c1ccc(OC(F)(F)F)cc1)n2C)c1nc(Nc2cnn(CC(N)=O)c2)ncc1C(F)(F)F. The highest BCUT2D eigenvalue weighted by Gasteiger charge is 2.37. The van der Waals surface area contributed by atoms with Crippen molar-refractivity contribution >= 4 is 64.2 Å². The van der Waals surface area contributed by atoms with E-state index in [1.54, 1.807) is 0 Å². The summed E-state index contributed by atoms with van der Waals surface area (Å²) in [6, 6.07) is 5.76. The number of hydrogen-bond acceptors (Lipinski definition) is 11. The van der Waals surface area contributed by atoms with Crippen LogP contribution < -0.4 is 25.0 Å². The molecule has 4 aromatic heterocycles. The van der Waals surface area contributed by atoms with Gasteiger partial charge in [0, 0.05) is 26.5 Å². The molecule has 0 aliphatic heterocycles. The third kappa shape index (κ3) is 6.98. The molecule has 1 aromatic carbocycles. The molecule has 0 fully saturated rings. The van der Waals surface area contributed by atoms with Crippen LogP contribution in [-0.2, 0) is 24.6 Å². The van der Waals surface area contributed by atoms with Gasteiger partial charge in [0.25, 0.3) is 0 Å². The normalized spacial score (nSPS) is 11.9. The lowest BCUT2D eigenvalue weighted by Crippen LogP contribution is -2.19. The lowest BCUT2D eigenvalue weighted by molar-refractivity contribution is -0.274. The van der Waals surface area contributed by atoms with E-state index < -0.39 is 35.6 Å². The van der Waals surface area contributed by atoms with Gasteiger partial charge in [-0.1, -0.05) is 0 Å². The molecule has 4 heterocycles. The van der Waals surface area contributed by atoms with Gasteiger partial charge in [0.15, 0.2) is 23.8 Å². The fourth-order valence-corrected chi connectivity index (χ4v) is 4.63. The van der Waals surface area contributed by atoms with Crippen molar-refractivity contribution in [2.75, 3.05) is 21.6 Å². The molecule has 13 nitrogen and oxygen atoms in total. The molecule has 0 bridgehead atoms. The molecule has 1 amide bonds. The van der Waals surface area contributed by atoms with Crippen molar-refractivity contribution in [2.24, 2.45) is 12.8 Å². The Balaban J connectivity index is 1.46. The molecule has 0 saturated heterocycles. The van der Waals surface area contributed by atoms with Gasteiger partial charge in [-0.2, -0.15) is 23.3 Å². The lowest BCUT2D eigenvalue weighted by atomic mass is 10.2. The van der Waals surface area contributed by atoms with Gasteiger partial charge in [-0.3, -0.25) is 14.0 Å². The Hall–Kier alpha value is -5.34. The number of fused-ring (bicyclic) bond motifs is 1. The fraction of sp³-hybridized carbons (Fsp3) is 0.200. The van der Waals surface area contributed by atoms with Gasteiger partial charge in [-0.25, -0.2) is 19.3 Å². The van der Waals surface area contributed by atoms with Crippen LogP contribution in [0, 0.1) is 0 Å². The minimum Gasteiger partial charge on any atom is -0.406 e. The van der Waals surface area contributed by atoms with Crippen molar-refractivity contribution in [1.29, 1.82) is 0 Å². The lowest BCUT2D eigenvalue weighted by Gasteiger charge is -2.22. The highest BCUT2D eigenvalue weighted by molar-refractivity contribution is 7.96. The smallest absolute Gasteiger partial charge is 0.406 e. The number of halogens is 7. The Kier molecular flexibility index (Phi) is 8.52. The Bertz CT molecular complexity index is 1880. The zero-order valence-electron chi connectivity index (χ0n) is 23.4. The number of imidazole rings is 1. The molecule has 0 spiro atoms. The van der Waals surface area contributed by atoms with E-state index in [1.807, 2.05) is 0 Å². The van der Waals surface area contributed by atoms with Crippen molar-refractivity contribution in [1.82, 2.24) is 34.3 Å². The largest absolute Gasteiger partial charge is 0.573 e. The average Bonchev–Trinajstić information content (AvgIpc) is 3.55. The monoisotopic (exact) mass is 671 g/mol. The number of nitrogens with two attached hydrogens (primary N) is 1. The molecule has 5 rings (SSSR count). The Labute approximate surface area is 258 Å². The maximum atomic E-state index is 14.1. The number of aromatic nitrogens is 7. The van der Waals surface area contributed by atoms with Crippen LogP contribution in [0.4, 0.5) is 65.0 Å². The zero-order valence-corrected chi connectivity index (χ0v) is 24.2. The molecule has 0 atom stereocenters. The van der Waals surface area contributed by atoms with Gasteiger partial charge in [0.1, 0.15) is 23.4 Å². The minimum atomic E-state index is -4.91. The number of nitrogens with one attached hydrogen (secondary N) is 1. The van der Waals surface area contributed by atoms with Gasteiger partial charge in [-0.05, 0) is 30.3 Å². The van der Waals surface area contributed by atoms with Gasteiger partial charge >= 0.3 is 12.5 Å². The molecule has 0 saturated carbocycles. The summed E-state index contributed by atoms with van der Waals surface area (Å²) in [7, 11) is 2.81. The number of benzene rings is 1. The molecule has 0 unspecified atom stereocenters. The number of hydrogen-bond donors (Lipinski definition) is 2. The van der Waals surface area contributed by atoms with Crippen molar-refractivity contribution in [3.8, 4) is 5.75 Å². The summed E-state index contributed by atoms with van der Waals surface area (Å²) < 4.78 is 101. The second-order valence-corrected chi connectivity index (χ2v) is 9.92. The number of alkyl halides is 6. The van der Waals surface area contributed by atoms with Crippen LogP contribution in [-0.4, -0.2) is 53.6 Å². The van der Waals surface area contributed by atoms with Crippen LogP contribution in [0.1, 0.15) is 5.56 Å². The molecule has 0 aliphatic rings. The maximum absolute atomic E-state index is 14.1. The molecular formula is C25H20F7N11O2S. The maximum Gasteiger partial charge on any atom is 0.573 e. The molecule has 242 valence electrons. The topological polar surface area (TPSA) is 145 Å². The summed E-state index contributed by atoms with van der Waals surface area (Å²) in [5.74, 6) is -1.96. The molecule has 21 heteroatoms. The number of amides is 1. The number of aryl methyl sites for hydroxylation is 1. The quantitative estimate of drug-likeness (QED) is 0.143. The third-order valence-electron chi connectivity index (χ3n) is 6.21. The first-order valence-corrected chi connectivity index (χ1v) is 13.3. The number of rotatable bonds is 10. The molecule has 0 aliphatic carbocycles. The highest BCUT2D eigenvalue weighted by Crippen LogP contribution is 2.39. The summed E-state index contributed by atoms with van der Waals surface area (Å²) in [6.07, 6.45) is -5.22. The van der Waals surface area contributed by atoms with Crippen LogP contribution in [0.3, 0.4) is 0 Å². The first-order valence-electron chi connectivity index (χ1n) is 12.7. The van der Waals surface area contributed by atoms with Gasteiger partial charge in [0.2, 0.25) is 17.8 Å². The van der Waals surface area contributed by atoms with Gasteiger partial charge in [-0.15, -0.1) is 17.1 Å². The van der Waals surface area contributed by atoms with Crippen LogP contribution in [0.2, 0.25) is 0 Å². The number of anilines is 6. The second kappa shape index (κ2) is 12.2. The standard InChI is InChI=1S/C25H20F7N11O2S/c1-40(20-17(24(26,27)28)10-35-22(39-20)37-13-8-36-42(11-13)12-19(33)44)15-7-18-21(34-9-15)41(2)23(38-18)43(46-32)14-3-5-16(6-4-14)45-25(29,30)31/h3-11H,12H2,1-2H3,(H2,33,44)(H,35,37,39). The third-order valence-corrected chi connectivity index (χ3v) is 6.72. The average molecular weight is 672 g/mol. The van der Waals surface area contributed by atoms with Crippen LogP contribution in [0.25, 0.3) is 11.2 Å². The van der Waals surface area contributed by atoms with Crippen molar-refractivity contribution < 1.29 is 39.8 Å². The van der Waals surface area contributed by atoms with Crippen LogP contribution in [0.15, 0.2) is 55.1 Å². The number of primary amides is 1. The van der Waals surface area contributed by atoms with E-state index in [-0.39, 0.29) is 59.0 Å². The second-order valence-electron chi connectivity index (χ2n) is 9.42. The molecule has 0 radical (unpaired) electrons. The molecule has 46 heavy (non-hydrogen) atoms. The highest BCUT2D eigenvalue weighted by atomic mass is 32.2. The number of carbonyl (C=O) groups excluding carboxylic acids is 1. The van der Waals surface area contributed by atoms with Crippen LogP contribution >= 0.6 is 12.3 Å². The molecule has 5 aromatic rings. The van der Waals surface area contributed by atoms with E-state index in [1.165, 1.54) is 60.1 Å². The minimum absolute atomic E-state index is 0.0272. The number of nitrogens with zero attached hydrogens (tertiary/aromatic N) is 9. The fourth-order valence-electron chi connectivity index (χ4n) is 4.20. The Morgan fingerprint density at radius 2 is 1.76 bits per heavy atom. The summed E-state index contributed by atoms with van der Waals surface area (Å²) in [5, 5.41) is 6.64. The van der Waals surface area contributed by atoms with Crippen molar-refractivity contribution in [2.45, 2.75) is 19.1 Å². The first kappa shape index (κ1) is 32.1. The van der Waals surface area contributed by atoms with Crippen LogP contribution in [0.5, 0.6) is 5.75 Å². The predicted octanol–water partition coefficient (Wildman–Crippen LogP) is 5.54. The molecule has 3 N–H and O–H groups in total. The zero-order chi connectivity index (χ0) is 33.4. The predicted molar refractivity (Wildman–Crippen MR) is 152 cm³/mol. The summed E-state index contributed by atoms with van der Waals surface area (Å²) >= 11 is -0.286. The van der Waals surface area contributed by atoms with E-state index in [4.69, 9.17) is 5.73 Å². The van der Waals surface area contributed by atoms with Gasteiger partial charge in [0.05, 0.1) is 29.5 Å². The first-order chi connectivity index (χ1) is 21.6. The van der Waals surface area contributed by atoms with E-state index in [0.717, 1.165) is 21.3 Å². The summed E-state index contributed by atoms with van der Waals surface area (Å²) in [5.41, 5.74) is 4.85. The Morgan fingerprint density at radius 3 is 2.39 bits per heavy atom.